The van der Waals surface area contributed by atoms with Crippen molar-refractivity contribution in [1.82, 2.24) is 10.2 Å². The van der Waals surface area contributed by atoms with Crippen LogP contribution in [0.1, 0.15) is 29.6 Å². The molecule has 28 heavy (non-hydrogen) atoms. The molecule has 4 rings (SSSR count). The van der Waals surface area contributed by atoms with Gasteiger partial charge in [0.15, 0.2) is 8.32 Å². The van der Waals surface area contributed by atoms with E-state index >= 15 is 0 Å². The molecule has 1 aromatic heterocycles. The molecule has 0 saturated heterocycles. The Morgan fingerprint density at radius 3 is 2.54 bits per heavy atom. The number of anilines is 1. The lowest BCUT2D eigenvalue weighted by Gasteiger charge is -2.35. The molecule has 0 bridgehead atoms. The van der Waals surface area contributed by atoms with Crippen molar-refractivity contribution in [3.05, 3.63) is 69.6 Å². The van der Waals surface area contributed by atoms with E-state index in [1.165, 1.54) is 24.3 Å². The maximum Gasteiger partial charge on any atom is 0.272 e. The molecule has 0 spiro atoms. The molecule has 0 radical (unpaired) electrons. The number of aromatic amines is 1. The van der Waals surface area contributed by atoms with Crippen molar-refractivity contribution in [3.8, 4) is 0 Å². The second-order valence-electron chi connectivity index (χ2n) is 7.95. The predicted molar refractivity (Wildman–Crippen MR) is 107 cm³/mol. The Morgan fingerprint density at radius 1 is 1.14 bits per heavy atom. The first kappa shape index (κ1) is 18.8. The second-order valence-corrected chi connectivity index (χ2v) is 12.1. The Bertz CT molecular complexity index is 1090. The van der Waals surface area contributed by atoms with Crippen LogP contribution in [0, 0.1) is 11.6 Å². The minimum absolute atomic E-state index is 0.165. The van der Waals surface area contributed by atoms with Crippen LogP contribution in [-0.4, -0.2) is 23.3 Å². The van der Waals surface area contributed by atoms with Crippen LogP contribution in [0.4, 0.5) is 14.5 Å². The number of rotatable bonds is 4. The lowest BCUT2D eigenvalue weighted by atomic mass is 9.82. The Labute approximate surface area is 161 Å². The standard InChI is InChI=1S/C20H21F2N3O2Si/c1-28(2,27)8-7-14-18(11-3-5-12(21)6-4-11)23-16-10-13(22)9-15-17(16)19(14)24-25-20(15)26/h3-6,9-10,14,18,23,27H,7-8H2,1-2H3,(H,25,26)/t14-,18-/m1/s1. The molecule has 0 fully saturated rings. The van der Waals surface area contributed by atoms with Gasteiger partial charge in [-0.15, -0.1) is 0 Å². The monoisotopic (exact) mass is 401 g/mol. The summed E-state index contributed by atoms with van der Waals surface area (Å²) in [6.07, 6.45) is 0.635. The first-order chi connectivity index (χ1) is 13.2. The third-order valence-electron chi connectivity index (χ3n) is 5.24. The minimum atomic E-state index is -2.32. The average molecular weight is 401 g/mol. The zero-order valence-corrected chi connectivity index (χ0v) is 16.6. The summed E-state index contributed by atoms with van der Waals surface area (Å²) in [7, 11) is -2.32. The predicted octanol–water partition coefficient (Wildman–Crippen LogP) is 4.04. The Morgan fingerprint density at radius 2 is 1.86 bits per heavy atom. The molecule has 5 nitrogen and oxygen atoms in total. The van der Waals surface area contributed by atoms with E-state index in [9.17, 15) is 18.4 Å². The second kappa shape index (κ2) is 6.79. The summed E-state index contributed by atoms with van der Waals surface area (Å²) in [6.45, 7) is 3.74. The zero-order valence-electron chi connectivity index (χ0n) is 15.6. The number of halogens is 2. The Balaban J connectivity index is 1.89. The molecule has 3 N–H and O–H groups in total. The number of aromatic nitrogens is 2. The van der Waals surface area contributed by atoms with Gasteiger partial charge < -0.3 is 10.1 Å². The number of hydrogen-bond donors (Lipinski definition) is 3. The van der Waals surface area contributed by atoms with Gasteiger partial charge in [0.2, 0.25) is 0 Å². The first-order valence-electron chi connectivity index (χ1n) is 9.19. The fourth-order valence-corrected chi connectivity index (χ4v) is 4.91. The van der Waals surface area contributed by atoms with Crippen LogP contribution in [0.15, 0.2) is 41.2 Å². The molecular formula is C20H21F2N3O2Si. The number of hydrogen-bond acceptors (Lipinski definition) is 4. The fourth-order valence-electron chi connectivity index (χ4n) is 3.90. The van der Waals surface area contributed by atoms with Gasteiger partial charge in [0.05, 0.1) is 17.1 Å². The van der Waals surface area contributed by atoms with Crippen LogP contribution in [0.25, 0.3) is 10.8 Å². The maximum atomic E-state index is 14.1. The number of nitrogens with zero attached hydrogens (tertiary/aromatic N) is 1. The van der Waals surface area contributed by atoms with E-state index in [-0.39, 0.29) is 23.2 Å². The topological polar surface area (TPSA) is 78.0 Å². The van der Waals surface area contributed by atoms with E-state index in [0.29, 0.717) is 29.2 Å². The third-order valence-corrected chi connectivity index (χ3v) is 6.75. The van der Waals surface area contributed by atoms with Gasteiger partial charge in [-0.05, 0) is 55.4 Å². The molecule has 2 heterocycles. The van der Waals surface area contributed by atoms with E-state index in [0.717, 1.165) is 5.56 Å². The third kappa shape index (κ3) is 3.45. The molecule has 1 aliphatic rings. The fraction of sp³-hybridized carbons (Fsp3) is 0.300. The molecule has 146 valence electrons. The van der Waals surface area contributed by atoms with Crippen molar-refractivity contribution in [3.63, 3.8) is 0 Å². The average Bonchev–Trinajstić information content (AvgIpc) is 2.62. The van der Waals surface area contributed by atoms with Gasteiger partial charge in [-0.25, -0.2) is 13.9 Å². The molecule has 0 saturated carbocycles. The normalized spacial score (nSPS) is 18.9. The smallest absolute Gasteiger partial charge is 0.272 e. The summed E-state index contributed by atoms with van der Waals surface area (Å²) in [6, 6.07) is 9.06. The van der Waals surface area contributed by atoms with Crippen molar-refractivity contribution < 1.29 is 13.6 Å². The molecule has 0 aliphatic carbocycles. The molecule has 0 amide bonds. The Kier molecular flexibility index (Phi) is 4.55. The van der Waals surface area contributed by atoms with Gasteiger partial charge >= 0.3 is 0 Å². The van der Waals surface area contributed by atoms with Crippen LogP contribution in [-0.2, 0) is 0 Å². The van der Waals surface area contributed by atoms with Gasteiger partial charge in [0.25, 0.3) is 5.56 Å². The summed E-state index contributed by atoms with van der Waals surface area (Å²) in [5.74, 6) is -1.02. The molecule has 2 atom stereocenters. The van der Waals surface area contributed by atoms with Crippen molar-refractivity contribution in [2.45, 2.75) is 37.5 Å². The van der Waals surface area contributed by atoms with Gasteiger partial charge in [0.1, 0.15) is 11.6 Å². The van der Waals surface area contributed by atoms with E-state index < -0.39 is 19.7 Å². The summed E-state index contributed by atoms with van der Waals surface area (Å²) in [5.41, 5.74) is 1.54. The van der Waals surface area contributed by atoms with E-state index in [4.69, 9.17) is 0 Å². The van der Waals surface area contributed by atoms with E-state index in [1.807, 2.05) is 13.1 Å². The summed E-state index contributed by atoms with van der Waals surface area (Å²) in [5, 5.41) is 11.0. The van der Waals surface area contributed by atoms with Crippen LogP contribution in [0.2, 0.25) is 19.1 Å². The lowest BCUT2D eigenvalue weighted by Crippen LogP contribution is -2.31. The van der Waals surface area contributed by atoms with Gasteiger partial charge in [-0.1, -0.05) is 12.1 Å². The first-order valence-corrected chi connectivity index (χ1v) is 12.3. The summed E-state index contributed by atoms with van der Waals surface area (Å²) in [4.78, 5) is 22.6. The van der Waals surface area contributed by atoms with Crippen LogP contribution in [0.5, 0.6) is 0 Å². The number of nitrogens with one attached hydrogen (secondary N) is 2. The SMILES string of the molecule is C[Si](C)(O)CC[C@H]1c2n[nH]c(=O)c3cc(F)cc(c23)N[C@@H]1c1ccc(F)cc1. The van der Waals surface area contributed by atoms with Gasteiger partial charge in [-0.3, -0.25) is 4.79 Å². The van der Waals surface area contributed by atoms with E-state index in [2.05, 4.69) is 15.5 Å². The van der Waals surface area contributed by atoms with Crippen LogP contribution in [0.3, 0.4) is 0 Å². The van der Waals surface area contributed by atoms with Crippen molar-refractivity contribution in [2.24, 2.45) is 0 Å². The molecule has 1 aliphatic heterocycles. The van der Waals surface area contributed by atoms with E-state index in [1.54, 1.807) is 12.1 Å². The zero-order chi connectivity index (χ0) is 20.1. The molecule has 0 unspecified atom stereocenters. The van der Waals surface area contributed by atoms with Gasteiger partial charge in [0, 0.05) is 17.0 Å². The van der Waals surface area contributed by atoms with Crippen molar-refractivity contribution >= 4 is 24.8 Å². The number of benzene rings is 2. The molecular weight excluding hydrogens is 380 g/mol. The Hall–Kier alpha value is -2.58. The highest BCUT2D eigenvalue weighted by Crippen LogP contribution is 2.45. The van der Waals surface area contributed by atoms with Crippen LogP contribution >= 0.6 is 0 Å². The molecule has 3 aromatic rings. The molecule has 2 aromatic carbocycles. The number of H-pyrrole nitrogens is 1. The summed E-state index contributed by atoms with van der Waals surface area (Å²) < 4.78 is 27.5. The van der Waals surface area contributed by atoms with Gasteiger partial charge in [-0.2, -0.15) is 5.10 Å². The quantitative estimate of drug-likeness (QED) is 0.577. The van der Waals surface area contributed by atoms with Crippen LogP contribution < -0.4 is 10.9 Å². The highest BCUT2D eigenvalue weighted by molar-refractivity contribution is 6.69. The largest absolute Gasteiger partial charge is 0.432 e. The minimum Gasteiger partial charge on any atom is -0.432 e. The lowest BCUT2D eigenvalue weighted by molar-refractivity contribution is 0.504. The summed E-state index contributed by atoms with van der Waals surface area (Å²) >= 11 is 0. The molecule has 8 heteroatoms. The van der Waals surface area contributed by atoms with Crippen molar-refractivity contribution in [1.29, 1.82) is 0 Å². The maximum absolute atomic E-state index is 14.1. The highest BCUT2D eigenvalue weighted by atomic mass is 28.4. The highest BCUT2D eigenvalue weighted by Gasteiger charge is 2.35. The van der Waals surface area contributed by atoms with Crippen molar-refractivity contribution in [2.75, 3.05) is 5.32 Å².